The van der Waals surface area contributed by atoms with Gasteiger partial charge in [-0.2, -0.15) is 0 Å². The molecule has 24 heavy (non-hydrogen) atoms. The van der Waals surface area contributed by atoms with Crippen molar-refractivity contribution in [2.75, 3.05) is 19.0 Å². The number of hydrogen-bond donors (Lipinski definition) is 1. The number of para-hydroxylation sites is 1. The van der Waals surface area contributed by atoms with Crippen LogP contribution in [0.2, 0.25) is 0 Å². The van der Waals surface area contributed by atoms with Crippen LogP contribution in [0.1, 0.15) is 27.6 Å². The molecule has 0 spiro atoms. The Morgan fingerprint density at radius 2 is 1.79 bits per heavy atom. The van der Waals surface area contributed by atoms with E-state index >= 15 is 0 Å². The number of anilines is 1. The molecule has 0 amide bonds. The zero-order chi connectivity index (χ0) is 17.4. The maximum absolute atomic E-state index is 12.1. The van der Waals surface area contributed by atoms with Gasteiger partial charge in [0.25, 0.3) is 0 Å². The fourth-order valence-corrected chi connectivity index (χ4v) is 2.08. The topological polar surface area (TPSA) is 64.6 Å². The number of ketones is 1. The SMILES string of the molecule is CCOc1ccc(C(=O)/C=C/Nc2ccccc2C(=O)OC)cc1. The number of carbonyl (C=O) groups is 2. The molecule has 0 saturated heterocycles. The van der Waals surface area contributed by atoms with Gasteiger partial charge in [-0.15, -0.1) is 0 Å². The number of carbonyl (C=O) groups excluding carboxylic acids is 2. The Balaban J connectivity index is 2.04. The number of nitrogens with one attached hydrogen (secondary N) is 1. The lowest BCUT2D eigenvalue weighted by atomic mass is 10.1. The van der Waals surface area contributed by atoms with Crippen LogP contribution in [0.5, 0.6) is 5.75 Å². The summed E-state index contributed by atoms with van der Waals surface area (Å²) in [6.07, 6.45) is 2.91. The molecule has 0 heterocycles. The van der Waals surface area contributed by atoms with Crippen molar-refractivity contribution in [2.24, 2.45) is 0 Å². The van der Waals surface area contributed by atoms with Gasteiger partial charge in [0, 0.05) is 17.8 Å². The maximum Gasteiger partial charge on any atom is 0.339 e. The van der Waals surface area contributed by atoms with E-state index in [2.05, 4.69) is 5.32 Å². The Kier molecular flexibility index (Phi) is 6.14. The highest BCUT2D eigenvalue weighted by atomic mass is 16.5. The fraction of sp³-hybridized carbons (Fsp3) is 0.158. The van der Waals surface area contributed by atoms with E-state index in [0.29, 0.717) is 23.4 Å². The zero-order valence-electron chi connectivity index (χ0n) is 13.6. The largest absolute Gasteiger partial charge is 0.494 e. The standard InChI is InChI=1S/C19H19NO4/c1-3-24-15-10-8-14(9-11-15)18(21)12-13-20-17-7-5-4-6-16(17)19(22)23-2/h4-13,20H,3H2,1-2H3/b13-12+. The smallest absolute Gasteiger partial charge is 0.339 e. The van der Waals surface area contributed by atoms with Crippen LogP contribution in [0.3, 0.4) is 0 Å². The minimum atomic E-state index is -0.440. The van der Waals surface area contributed by atoms with Gasteiger partial charge in [0.05, 0.1) is 25.0 Å². The Labute approximate surface area is 140 Å². The summed E-state index contributed by atoms with van der Waals surface area (Å²) in [6, 6.07) is 13.8. The van der Waals surface area contributed by atoms with E-state index in [-0.39, 0.29) is 5.78 Å². The van der Waals surface area contributed by atoms with E-state index in [9.17, 15) is 9.59 Å². The maximum atomic E-state index is 12.1. The van der Waals surface area contributed by atoms with Gasteiger partial charge >= 0.3 is 5.97 Å². The average molecular weight is 325 g/mol. The van der Waals surface area contributed by atoms with E-state index in [0.717, 1.165) is 5.75 Å². The lowest BCUT2D eigenvalue weighted by Gasteiger charge is -2.07. The number of rotatable bonds is 7. The third-order valence-electron chi connectivity index (χ3n) is 3.26. The second-order valence-corrected chi connectivity index (χ2v) is 4.84. The first-order valence-electron chi connectivity index (χ1n) is 7.53. The van der Waals surface area contributed by atoms with Crippen LogP contribution in [0.15, 0.2) is 60.8 Å². The fourth-order valence-electron chi connectivity index (χ4n) is 2.08. The first-order valence-corrected chi connectivity index (χ1v) is 7.53. The molecule has 0 bridgehead atoms. The summed E-state index contributed by atoms with van der Waals surface area (Å²) in [5.41, 5.74) is 1.52. The highest BCUT2D eigenvalue weighted by molar-refractivity contribution is 6.04. The predicted molar refractivity (Wildman–Crippen MR) is 92.5 cm³/mol. The second-order valence-electron chi connectivity index (χ2n) is 4.84. The Bertz CT molecular complexity index is 735. The van der Waals surface area contributed by atoms with E-state index in [4.69, 9.17) is 9.47 Å². The van der Waals surface area contributed by atoms with Gasteiger partial charge in [0.1, 0.15) is 5.75 Å². The number of hydrogen-bond acceptors (Lipinski definition) is 5. The molecule has 0 saturated carbocycles. The molecule has 0 aliphatic heterocycles. The Hall–Kier alpha value is -3.08. The lowest BCUT2D eigenvalue weighted by Crippen LogP contribution is -2.05. The quantitative estimate of drug-likeness (QED) is 0.478. The number of allylic oxidation sites excluding steroid dienone is 1. The zero-order valence-corrected chi connectivity index (χ0v) is 13.6. The van der Waals surface area contributed by atoms with Crippen LogP contribution in [0.4, 0.5) is 5.69 Å². The molecule has 0 aromatic heterocycles. The summed E-state index contributed by atoms with van der Waals surface area (Å²) in [5, 5.41) is 2.93. The van der Waals surface area contributed by atoms with Crippen LogP contribution in [0, 0.1) is 0 Å². The molecule has 1 N–H and O–H groups in total. The third-order valence-corrected chi connectivity index (χ3v) is 3.26. The van der Waals surface area contributed by atoms with E-state index in [1.54, 1.807) is 48.5 Å². The molecule has 0 unspecified atom stereocenters. The van der Waals surface area contributed by atoms with Crippen molar-refractivity contribution in [2.45, 2.75) is 6.92 Å². The van der Waals surface area contributed by atoms with Gasteiger partial charge in [-0.05, 0) is 43.3 Å². The second kappa shape index (κ2) is 8.53. The average Bonchev–Trinajstić information content (AvgIpc) is 2.62. The van der Waals surface area contributed by atoms with Crippen LogP contribution >= 0.6 is 0 Å². The number of methoxy groups -OCH3 is 1. The Morgan fingerprint density at radius 3 is 2.46 bits per heavy atom. The minimum Gasteiger partial charge on any atom is -0.494 e. The first kappa shape index (κ1) is 17.3. The highest BCUT2D eigenvalue weighted by Gasteiger charge is 2.09. The van der Waals surface area contributed by atoms with E-state index in [1.165, 1.54) is 19.4 Å². The van der Waals surface area contributed by atoms with Gasteiger partial charge in [0.2, 0.25) is 0 Å². The number of esters is 1. The molecule has 2 aromatic rings. The van der Waals surface area contributed by atoms with E-state index < -0.39 is 5.97 Å². The van der Waals surface area contributed by atoms with Gasteiger partial charge in [-0.25, -0.2) is 4.79 Å². The minimum absolute atomic E-state index is 0.152. The van der Waals surface area contributed by atoms with Crippen molar-refractivity contribution in [1.29, 1.82) is 0 Å². The number of ether oxygens (including phenoxy) is 2. The molecule has 0 radical (unpaired) electrons. The summed E-state index contributed by atoms with van der Waals surface area (Å²) in [4.78, 5) is 23.8. The summed E-state index contributed by atoms with van der Waals surface area (Å²) in [5.74, 6) is 0.133. The molecular weight excluding hydrogens is 306 g/mol. The molecule has 0 aliphatic carbocycles. The summed E-state index contributed by atoms with van der Waals surface area (Å²) >= 11 is 0. The first-order chi connectivity index (χ1) is 11.7. The molecule has 0 fully saturated rings. The number of benzene rings is 2. The van der Waals surface area contributed by atoms with Crippen molar-refractivity contribution >= 4 is 17.4 Å². The lowest BCUT2D eigenvalue weighted by molar-refractivity contribution is 0.0601. The van der Waals surface area contributed by atoms with Crippen molar-refractivity contribution in [3.05, 3.63) is 71.9 Å². The van der Waals surface area contributed by atoms with Crippen molar-refractivity contribution in [3.63, 3.8) is 0 Å². The van der Waals surface area contributed by atoms with Crippen molar-refractivity contribution in [1.82, 2.24) is 0 Å². The summed E-state index contributed by atoms with van der Waals surface area (Å²) < 4.78 is 10.1. The summed E-state index contributed by atoms with van der Waals surface area (Å²) in [7, 11) is 1.32. The van der Waals surface area contributed by atoms with Crippen LogP contribution < -0.4 is 10.1 Å². The predicted octanol–water partition coefficient (Wildman–Crippen LogP) is 3.68. The van der Waals surface area contributed by atoms with Gasteiger partial charge in [-0.1, -0.05) is 12.1 Å². The third kappa shape index (κ3) is 4.46. The van der Waals surface area contributed by atoms with Crippen LogP contribution in [-0.2, 0) is 4.74 Å². The van der Waals surface area contributed by atoms with Crippen LogP contribution in [-0.4, -0.2) is 25.5 Å². The molecule has 0 aliphatic rings. The van der Waals surface area contributed by atoms with Crippen molar-refractivity contribution < 1.29 is 19.1 Å². The molecule has 2 aromatic carbocycles. The molecular formula is C19H19NO4. The van der Waals surface area contributed by atoms with Crippen molar-refractivity contribution in [3.8, 4) is 5.75 Å². The van der Waals surface area contributed by atoms with Gasteiger partial charge in [-0.3, -0.25) is 4.79 Å². The normalized spacial score (nSPS) is 10.4. The molecule has 2 rings (SSSR count). The highest BCUT2D eigenvalue weighted by Crippen LogP contribution is 2.16. The summed E-state index contributed by atoms with van der Waals surface area (Å²) in [6.45, 7) is 2.48. The van der Waals surface area contributed by atoms with Gasteiger partial charge < -0.3 is 14.8 Å². The molecule has 0 atom stereocenters. The Morgan fingerprint density at radius 1 is 1.08 bits per heavy atom. The monoisotopic (exact) mass is 325 g/mol. The molecule has 5 heteroatoms. The van der Waals surface area contributed by atoms with E-state index in [1.807, 2.05) is 6.92 Å². The molecule has 5 nitrogen and oxygen atoms in total. The molecule has 124 valence electrons. The van der Waals surface area contributed by atoms with Gasteiger partial charge in [0.15, 0.2) is 5.78 Å². The van der Waals surface area contributed by atoms with Crippen LogP contribution in [0.25, 0.3) is 0 Å².